The molecule has 2 aliphatic rings. The van der Waals surface area contributed by atoms with E-state index >= 15 is 0 Å². The minimum atomic E-state index is -0.207. The quantitative estimate of drug-likeness (QED) is 0.541. The van der Waals surface area contributed by atoms with E-state index in [9.17, 15) is 9.59 Å². The van der Waals surface area contributed by atoms with Gasteiger partial charge in [-0.1, -0.05) is 28.1 Å². The Hall–Kier alpha value is -1.64. The fourth-order valence-corrected chi connectivity index (χ4v) is 6.27. The molecule has 0 saturated heterocycles. The first kappa shape index (κ1) is 19.3. The first-order valence-electron chi connectivity index (χ1n) is 9.72. The number of thioether (sulfide) groups is 1. The van der Waals surface area contributed by atoms with Gasteiger partial charge in [0, 0.05) is 9.35 Å². The second-order valence-corrected chi connectivity index (χ2v) is 10.7. The number of amides is 1. The van der Waals surface area contributed by atoms with E-state index in [1.54, 1.807) is 11.3 Å². The Balaban J connectivity index is 1.21. The van der Waals surface area contributed by atoms with Crippen molar-refractivity contribution in [3.63, 3.8) is 0 Å². The van der Waals surface area contributed by atoms with Crippen molar-refractivity contribution in [1.29, 1.82) is 0 Å². The summed E-state index contributed by atoms with van der Waals surface area (Å²) in [6.07, 6.45) is 5.11. The number of thiophene rings is 1. The van der Waals surface area contributed by atoms with Crippen LogP contribution >= 0.6 is 39.0 Å². The Morgan fingerprint density at radius 2 is 2.07 bits per heavy atom. The number of nitrogens with one attached hydrogen (secondary N) is 2. The van der Waals surface area contributed by atoms with E-state index < -0.39 is 0 Å². The normalized spacial score (nSPS) is 16.7. The molecule has 3 aromatic rings. The number of hydrogen-bond acceptors (Lipinski definition) is 5. The number of rotatable bonds is 6. The van der Waals surface area contributed by atoms with E-state index in [-0.39, 0.29) is 17.0 Å². The molecule has 0 spiro atoms. The van der Waals surface area contributed by atoms with Gasteiger partial charge in [-0.2, -0.15) is 0 Å². The van der Waals surface area contributed by atoms with Crippen molar-refractivity contribution in [2.75, 3.05) is 5.75 Å². The number of benzene rings is 1. The molecule has 5 rings (SSSR count). The standard InChI is InChI=1S/C21H20BrN3O2S2/c22-13-6-4-12(5-7-13)21(8-9-21)25-17(26)11-28-10-16-23-19(27)18-14-2-1-3-15(14)29-20(18)24-16/h4-7H,1-3,8-11H2,(H,25,26)(H,23,24,27). The molecule has 1 aromatic carbocycles. The summed E-state index contributed by atoms with van der Waals surface area (Å²) in [4.78, 5) is 34.7. The topological polar surface area (TPSA) is 74.8 Å². The third-order valence-corrected chi connectivity index (χ3v) is 8.28. The highest BCUT2D eigenvalue weighted by atomic mass is 79.9. The average molecular weight is 490 g/mol. The zero-order valence-corrected chi connectivity index (χ0v) is 18.9. The predicted molar refractivity (Wildman–Crippen MR) is 122 cm³/mol. The lowest BCUT2D eigenvalue weighted by molar-refractivity contribution is -0.119. The number of H-pyrrole nitrogens is 1. The van der Waals surface area contributed by atoms with Crippen molar-refractivity contribution in [2.45, 2.75) is 43.4 Å². The molecule has 150 valence electrons. The van der Waals surface area contributed by atoms with Gasteiger partial charge < -0.3 is 10.3 Å². The zero-order valence-electron chi connectivity index (χ0n) is 15.7. The number of aromatic amines is 1. The Morgan fingerprint density at radius 3 is 2.83 bits per heavy atom. The minimum Gasteiger partial charge on any atom is -0.346 e. The lowest BCUT2D eigenvalue weighted by atomic mass is 10.1. The lowest BCUT2D eigenvalue weighted by Gasteiger charge is -2.18. The van der Waals surface area contributed by atoms with E-state index in [1.165, 1.54) is 22.2 Å². The molecule has 1 fully saturated rings. The van der Waals surface area contributed by atoms with Crippen molar-refractivity contribution >= 4 is 55.2 Å². The number of aromatic nitrogens is 2. The first-order chi connectivity index (χ1) is 14.0. The van der Waals surface area contributed by atoms with E-state index in [0.717, 1.165) is 52.4 Å². The Labute approximate surface area is 184 Å². The summed E-state index contributed by atoms with van der Waals surface area (Å²) in [6.45, 7) is 0. The molecule has 2 N–H and O–H groups in total. The van der Waals surface area contributed by atoms with Gasteiger partial charge in [0.25, 0.3) is 5.56 Å². The van der Waals surface area contributed by atoms with E-state index in [1.807, 2.05) is 12.1 Å². The van der Waals surface area contributed by atoms with Gasteiger partial charge in [0.2, 0.25) is 5.91 Å². The highest BCUT2D eigenvalue weighted by Gasteiger charge is 2.45. The van der Waals surface area contributed by atoms with Crippen molar-refractivity contribution < 1.29 is 4.79 Å². The lowest BCUT2D eigenvalue weighted by Crippen LogP contribution is -2.36. The van der Waals surface area contributed by atoms with E-state index in [2.05, 4.69) is 43.3 Å². The number of hydrogen-bond donors (Lipinski definition) is 2. The molecular formula is C21H20BrN3O2S2. The number of halogens is 1. The first-order valence-corrected chi connectivity index (χ1v) is 12.5. The van der Waals surface area contributed by atoms with Crippen LogP contribution < -0.4 is 10.9 Å². The third kappa shape index (κ3) is 3.78. The Kier molecular flexibility index (Phi) is 5.04. The molecule has 0 bridgehead atoms. The molecule has 0 atom stereocenters. The summed E-state index contributed by atoms with van der Waals surface area (Å²) in [5.74, 6) is 1.54. The van der Waals surface area contributed by atoms with Crippen molar-refractivity contribution in [3.05, 3.63) is 60.9 Å². The number of nitrogens with zero attached hydrogens (tertiary/aromatic N) is 1. The van der Waals surface area contributed by atoms with Crippen LogP contribution in [0.1, 0.15) is 41.1 Å². The molecule has 2 aromatic heterocycles. The maximum absolute atomic E-state index is 12.5. The molecule has 0 aliphatic heterocycles. The maximum atomic E-state index is 12.5. The largest absolute Gasteiger partial charge is 0.346 e. The van der Waals surface area contributed by atoms with Crippen LogP contribution in [0.5, 0.6) is 0 Å². The molecule has 2 heterocycles. The van der Waals surface area contributed by atoms with Crippen LogP contribution in [0.4, 0.5) is 0 Å². The van der Waals surface area contributed by atoms with Crippen LogP contribution in [0.25, 0.3) is 10.2 Å². The van der Waals surface area contributed by atoms with Gasteiger partial charge in [-0.25, -0.2) is 4.98 Å². The highest BCUT2D eigenvalue weighted by molar-refractivity contribution is 9.10. The molecule has 8 heteroatoms. The molecule has 29 heavy (non-hydrogen) atoms. The summed E-state index contributed by atoms with van der Waals surface area (Å²) in [6, 6.07) is 8.14. The molecular weight excluding hydrogens is 470 g/mol. The van der Waals surface area contributed by atoms with Crippen molar-refractivity contribution in [1.82, 2.24) is 15.3 Å². The van der Waals surface area contributed by atoms with E-state index in [0.29, 0.717) is 17.3 Å². The number of aryl methyl sites for hydroxylation is 2. The van der Waals surface area contributed by atoms with Crippen LogP contribution in [0.2, 0.25) is 0 Å². The second kappa shape index (κ2) is 7.56. The third-order valence-electron chi connectivity index (χ3n) is 5.62. The van der Waals surface area contributed by atoms with Gasteiger partial charge in [0.05, 0.1) is 22.4 Å². The van der Waals surface area contributed by atoms with Gasteiger partial charge in [-0.05, 0) is 55.4 Å². The molecule has 5 nitrogen and oxygen atoms in total. The van der Waals surface area contributed by atoms with Gasteiger partial charge in [-0.15, -0.1) is 23.1 Å². The summed E-state index contributed by atoms with van der Waals surface area (Å²) in [5.41, 5.74) is 2.10. The zero-order chi connectivity index (χ0) is 20.0. The Morgan fingerprint density at radius 1 is 1.28 bits per heavy atom. The fourth-order valence-electron chi connectivity index (χ4n) is 4.04. The number of fused-ring (bicyclic) bond motifs is 3. The van der Waals surface area contributed by atoms with Crippen molar-refractivity contribution in [2.24, 2.45) is 0 Å². The van der Waals surface area contributed by atoms with Crippen LogP contribution in [0, 0.1) is 0 Å². The minimum absolute atomic E-state index is 0.0222. The maximum Gasteiger partial charge on any atom is 0.259 e. The summed E-state index contributed by atoms with van der Waals surface area (Å²) >= 11 is 6.58. The summed E-state index contributed by atoms with van der Waals surface area (Å²) in [5, 5.41) is 3.97. The highest BCUT2D eigenvalue weighted by Crippen LogP contribution is 2.45. The average Bonchev–Trinajstić information content (AvgIpc) is 3.16. The van der Waals surface area contributed by atoms with Gasteiger partial charge in [0.1, 0.15) is 10.7 Å². The summed E-state index contributed by atoms with van der Waals surface area (Å²) < 4.78 is 1.04. The van der Waals surface area contributed by atoms with Crippen LogP contribution in [-0.2, 0) is 28.9 Å². The smallest absolute Gasteiger partial charge is 0.259 e. The van der Waals surface area contributed by atoms with Crippen molar-refractivity contribution in [3.8, 4) is 0 Å². The molecule has 2 aliphatic carbocycles. The SMILES string of the molecule is O=C(CSCc1nc2sc3c(c2c(=O)[nH]1)CCC3)NC1(c2ccc(Br)cc2)CC1. The molecule has 0 unspecified atom stereocenters. The van der Waals surface area contributed by atoms with Gasteiger partial charge in [0.15, 0.2) is 0 Å². The predicted octanol–water partition coefficient (Wildman–Crippen LogP) is 4.27. The fraction of sp³-hybridized carbons (Fsp3) is 0.381. The molecule has 1 amide bonds. The Bertz CT molecular complexity index is 1150. The van der Waals surface area contributed by atoms with Crippen LogP contribution in [0.3, 0.4) is 0 Å². The molecule has 0 radical (unpaired) electrons. The number of carbonyl (C=O) groups excluding carboxylic acids is 1. The molecule has 1 saturated carbocycles. The van der Waals surface area contributed by atoms with E-state index in [4.69, 9.17) is 0 Å². The monoisotopic (exact) mass is 489 g/mol. The van der Waals surface area contributed by atoms with Gasteiger partial charge >= 0.3 is 0 Å². The second-order valence-electron chi connectivity index (χ2n) is 7.68. The van der Waals surface area contributed by atoms with Crippen LogP contribution in [-0.4, -0.2) is 21.6 Å². The van der Waals surface area contributed by atoms with Gasteiger partial charge in [-0.3, -0.25) is 9.59 Å². The summed E-state index contributed by atoms with van der Waals surface area (Å²) in [7, 11) is 0. The van der Waals surface area contributed by atoms with Crippen LogP contribution in [0.15, 0.2) is 33.5 Å². The number of carbonyl (C=O) groups is 1.